The summed E-state index contributed by atoms with van der Waals surface area (Å²) < 4.78 is 0.969. The van der Waals surface area contributed by atoms with Crippen molar-refractivity contribution in [1.82, 2.24) is 4.90 Å². The summed E-state index contributed by atoms with van der Waals surface area (Å²) >= 11 is 3.38. The molecule has 0 aliphatic rings. The van der Waals surface area contributed by atoms with Gasteiger partial charge in [0.15, 0.2) is 0 Å². The molecule has 0 aromatic heterocycles. The molecule has 1 aromatic carbocycles. The summed E-state index contributed by atoms with van der Waals surface area (Å²) in [7, 11) is 1.53. The lowest BCUT2D eigenvalue weighted by molar-refractivity contribution is -0.155. The van der Waals surface area contributed by atoms with Crippen molar-refractivity contribution in [2.45, 2.75) is 32.2 Å². The Morgan fingerprint density at radius 3 is 2.53 bits per heavy atom. The van der Waals surface area contributed by atoms with Crippen molar-refractivity contribution < 1.29 is 14.7 Å². The lowest BCUT2D eigenvalue weighted by Gasteiger charge is -2.31. The Bertz CT molecular complexity index is 485. The van der Waals surface area contributed by atoms with E-state index < -0.39 is 11.5 Å². The number of rotatable bonds is 5. The third kappa shape index (κ3) is 4.06. The number of aliphatic carboxylic acids is 1. The monoisotopic (exact) mass is 327 g/mol. The molecule has 5 heteroatoms. The maximum atomic E-state index is 12.0. The highest BCUT2D eigenvalue weighted by Crippen LogP contribution is 2.16. The minimum atomic E-state index is -1.19. The minimum Gasteiger partial charge on any atom is -0.480 e. The number of aryl methyl sites for hydroxylation is 1. The quantitative estimate of drug-likeness (QED) is 0.904. The van der Waals surface area contributed by atoms with E-state index in [2.05, 4.69) is 15.9 Å². The summed E-state index contributed by atoms with van der Waals surface area (Å²) in [5.41, 5.74) is -0.141. The van der Waals surface area contributed by atoms with Crippen molar-refractivity contribution in [1.29, 1.82) is 0 Å². The largest absolute Gasteiger partial charge is 0.480 e. The number of benzene rings is 1. The molecule has 0 bridgehead atoms. The number of nitrogens with zero attached hydrogens (tertiary/aromatic N) is 1. The fourth-order valence-corrected chi connectivity index (χ4v) is 2.01. The molecule has 0 aliphatic carbocycles. The number of carbonyl (C=O) groups excluding carboxylic acids is 1. The minimum absolute atomic E-state index is 0.174. The predicted molar refractivity (Wildman–Crippen MR) is 76.9 cm³/mol. The van der Waals surface area contributed by atoms with Crippen LogP contribution in [0.4, 0.5) is 0 Å². The molecule has 0 heterocycles. The van der Waals surface area contributed by atoms with Gasteiger partial charge in [0, 0.05) is 17.9 Å². The van der Waals surface area contributed by atoms with Crippen LogP contribution in [0.15, 0.2) is 28.7 Å². The molecule has 4 nitrogen and oxygen atoms in total. The maximum Gasteiger partial charge on any atom is 0.329 e. The normalized spacial score (nSPS) is 11.2. The summed E-state index contributed by atoms with van der Waals surface area (Å²) in [6.07, 6.45) is 0.891. The Balaban J connectivity index is 2.63. The van der Waals surface area contributed by atoms with Crippen molar-refractivity contribution in [3.63, 3.8) is 0 Å². The van der Waals surface area contributed by atoms with Gasteiger partial charge in [0.25, 0.3) is 0 Å². The van der Waals surface area contributed by atoms with Gasteiger partial charge in [-0.3, -0.25) is 4.79 Å². The Hall–Kier alpha value is -1.36. The fraction of sp³-hybridized carbons (Fsp3) is 0.429. The topological polar surface area (TPSA) is 57.6 Å². The van der Waals surface area contributed by atoms with Crippen LogP contribution >= 0.6 is 15.9 Å². The van der Waals surface area contributed by atoms with E-state index in [1.54, 1.807) is 0 Å². The molecular formula is C14H18BrNO3. The van der Waals surface area contributed by atoms with Gasteiger partial charge in [-0.2, -0.15) is 0 Å². The van der Waals surface area contributed by atoms with Crippen molar-refractivity contribution in [2.24, 2.45) is 0 Å². The second-order valence-electron chi connectivity index (χ2n) is 4.95. The van der Waals surface area contributed by atoms with Gasteiger partial charge in [0.2, 0.25) is 5.91 Å². The third-order valence-electron chi connectivity index (χ3n) is 3.25. The lowest BCUT2D eigenvalue weighted by Crippen LogP contribution is -2.50. The highest BCUT2D eigenvalue weighted by Gasteiger charge is 2.34. The number of carboxylic acids is 1. The van der Waals surface area contributed by atoms with E-state index in [0.717, 1.165) is 10.0 Å². The predicted octanol–water partition coefficient (Wildman–Crippen LogP) is 2.70. The molecule has 0 fully saturated rings. The zero-order valence-electron chi connectivity index (χ0n) is 11.3. The molecular weight excluding hydrogens is 310 g/mol. The van der Waals surface area contributed by atoms with E-state index in [1.165, 1.54) is 25.8 Å². The summed E-state index contributed by atoms with van der Waals surface area (Å²) in [6, 6.07) is 7.73. The molecule has 0 spiro atoms. The maximum absolute atomic E-state index is 12.0. The van der Waals surface area contributed by atoms with E-state index in [9.17, 15) is 9.59 Å². The number of halogens is 1. The van der Waals surface area contributed by atoms with Gasteiger partial charge in [0.1, 0.15) is 5.54 Å². The number of carbonyl (C=O) groups is 2. The SMILES string of the molecule is CN(C(=O)CCc1cccc(Br)c1)C(C)(C)C(=O)O. The highest BCUT2D eigenvalue weighted by molar-refractivity contribution is 9.10. The summed E-state index contributed by atoms with van der Waals surface area (Å²) in [5, 5.41) is 9.08. The lowest BCUT2D eigenvalue weighted by atomic mass is 10.0. The Kier molecular flexibility index (Phi) is 5.11. The first-order valence-electron chi connectivity index (χ1n) is 5.99. The van der Waals surface area contributed by atoms with Gasteiger partial charge < -0.3 is 10.0 Å². The van der Waals surface area contributed by atoms with Crippen LogP contribution in [-0.4, -0.2) is 34.5 Å². The summed E-state index contributed by atoms with van der Waals surface area (Å²) in [5.74, 6) is -1.18. The molecule has 0 aliphatic heterocycles. The van der Waals surface area contributed by atoms with Gasteiger partial charge in [-0.15, -0.1) is 0 Å². The first-order chi connectivity index (χ1) is 8.75. The van der Waals surface area contributed by atoms with Gasteiger partial charge >= 0.3 is 5.97 Å². The first kappa shape index (κ1) is 15.7. The van der Waals surface area contributed by atoms with E-state index in [0.29, 0.717) is 12.8 Å². The molecule has 0 saturated carbocycles. The average Bonchev–Trinajstić information content (AvgIpc) is 2.34. The number of hydrogen-bond acceptors (Lipinski definition) is 2. The molecule has 1 N–H and O–H groups in total. The van der Waals surface area contributed by atoms with E-state index in [-0.39, 0.29) is 5.91 Å². The van der Waals surface area contributed by atoms with Crippen molar-refractivity contribution in [3.8, 4) is 0 Å². The number of hydrogen-bond donors (Lipinski definition) is 1. The van der Waals surface area contributed by atoms with Crippen LogP contribution in [0.1, 0.15) is 25.8 Å². The number of amides is 1. The van der Waals surface area contributed by atoms with E-state index >= 15 is 0 Å². The number of likely N-dealkylation sites (N-methyl/N-ethyl adjacent to an activating group) is 1. The smallest absolute Gasteiger partial charge is 0.329 e. The average molecular weight is 328 g/mol. The van der Waals surface area contributed by atoms with Gasteiger partial charge in [-0.1, -0.05) is 28.1 Å². The molecule has 0 radical (unpaired) electrons. The standard InChI is InChI=1S/C14H18BrNO3/c1-14(2,13(18)19)16(3)12(17)8-7-10-5-4-6-11(15)9-10/h4-6,9H,7-8H2,1-3H3,(H,18,19). The van der Waals surface area contributed by atoms with Crippen molar-refractivity contribution in [3.05, 3.63) is 34.3 Å². The van der Waals surface area contributed by atoms with Crippen LogP contribution in [0.2, 0.25) is 0 Å². The molecule has 104 valence electrons. The molecule has 1 aromatic rings. The van der Waals surface area contributed by atoms with Crippen molar-refractivity contribution in [2.75, 3.05) is 7.05 Å². The summed E-state index contributed by atoms with van der Waals surface area (Å²) in [6.45, 7) is 3.04. The Morgan fingerprint density at radius 2 is 2.00 bits per heavy atom. The number of carboxylic acid groups (broad SMARTS) is 1. The van der Waals surface area contributed by atoms with E-state index in [4.69, 9.17) is 5.11 Å². The molecule has 0 atom stereocenters. The Labute approximate surface area is 121 Å². The molecule has 0 saturated heterocycles. The van der Waals surface area contributed by atoms with E-state index in [1.807, 2.05) is 24.3 Å². The summed E-state index contributed by atoms with van der Waals surface area (Å²) in [4.78, 5) is 24.4. The zero-order valence-corrected chi connectivity index (χ0v) is 12.9. The molecule has 1 amide bonds. The third-order valence-corrected chi connectivity index (χ3v) is 3.75. The van der Waals surface area contributed by atoms with Crippen LogP contribution in [0, 0.1) is 0 Å². The first-order valence-corrected chi connectivity index (χ1v) is 6.79. The van der Waals surface area contributed by atoms with Crippen LogP contribution in [0.5, 0.6) is 0 Å². The zero-order chi connectivity index (χ0) is 14.6. The molecule has 1 rings (SSSR count). The fourth-order valence-electron chi connectivity index (χ4n) is 1.57. The van der Waals surface area contributed by atoms with Crippen LogP contribution < -0.4 is 0 Å². The molecule has 0 unspecified atom stereocenters. The second kappa shape index (κ2) is 6.19. The van der Waals surface area contributed by atoms with Crippen LogP contribution in [0.3, 0.4) is 0 Å². The van der Waals surface area contributed by atoms with Crippen molar-refractivity contribution >= 4 is 27.8 Å². The van der Waals surface area contributed by atoms with Gasteiger partial charge in [-0.05, 0) is 38.0 Å². The highest BCUT2D eigenvalue weighted by atomic mass is 79.9. The van der Waals surface area contributed by atoms with Crippen LogP contribution in [0.25, 0.3) is 0 Å². The van der Waals surface area contributed by atoms with Crippen LogP contribution in [-0.2, 0) is 16.0 Å². The molecule has 19 heavy (non-hydrogen) atoms. The van der Waals surface area contributed by atoms with Gasteiger partial charge in [0.05, 0.1) is 0 Å². The second-order valence-corrected chi connectivity index (χ2v) is 5.86. The Morgan fingerprint density at radius 1 is 1.37 bits per heavy atom. The van der Waals surface area contributed by atoms with Gasteiger partial charge in [-0.25, -0.2) is 4.79 Å².